The molecule has 0 aliphatic carbocycles. The highest BCUT2D eigenvalue weighted by atomic mass is 79.9. The van der Waals surface area contributed by atoms with E-state index < -0.39 is 0 Å². The summed E-state index contributed by atoms with van der Waals surface area (Å²) in [6.45, 7) is 7.02. The Bertz CT molecular complexity index is 759. The zero-order valence-electron chi connectivity index (χ0n) is 15.5. The molecule has 144 valence electrons. The van der Waals surface area contributed by atoms with E-state index in [-0.39, 0.29) is 12.5 Å². The molecule has 27 heavy (non-hydrogen) atoms. The third-order valence-electron chi connectivity index (χ3n) is 4.47. The molecule has 0 atom stereocenters. The fourth-order valence-corrected chi connectivity index (χ4v) is 3.51. The first-order chi connectivity index (χ1) is 13.1. The second-order valence-electron chi connectivity index (χ2n) is 6.70. The van der Waals surface area contributed by atoms with Crippen LogP contribution in [0.4, 0.5) is 0 Å². The van der Waals surface area contributed by atoms with Crippen molar-refractivity contribution >= 4 is 21.8 Å². The largest absolute Gasteiger partial charge is 0.483 e. The molecular weight excluding hydrogens is 408 g/mol. The first-order valence-electron chi connectivity index (χ1n) is 9.14. The van der Waals surface area contributed by atoms with Crippen molar-refractivity contribution in [2.24, 2.45) is 0 Å². The van der Waals surface area contributed by atoms with Gasteiger partial charge in [0.1, 0.15) is 5.75 Å². The van der Waals surface area contributed by atoms with Gasteiger partial charge in [0, 0.05) is 26.2 Å². The molecule has 1 N–H and O–H groups in total. The van der Waals surface area contributed by atoms with Crippen LogP contribution in [0, 0.1) is 6.92 Å². The van der Waals surface area contributed by atoms with Gasteiger partial charge in [0.25, 0.3) is 5.91 Å². The van der Waals surface area contributed by atoms with E-state index in [0.29, 0.717) is 12.3 Å². The molecule has 0 unspecified atom stereocenters. The van der Waals surface area contributed by atoms with Crippen LogP contribution in [0.2, 0.25) is 0 Å². The molecule has 1 fully saturated rings. The molecule has 5 nitrogen and oxygen atoms in total. The monoisotopic (exact) mass is 432 g/mol. The minimum Gasteiger partial charge on any atom is -0.483 e. The van der Waals surface area contributed by atoms with E-state index in [1.165, 1.54) is 5.56 Å². The van der Waals surface area contributed by atoms with Gasteiger partial charge < -0.3 is 14.8 Å². The Morgan fingerprint density at radius 3 is 2.56 bits per heavy atom. The third kappa shape index (κ3) is 6.34. The lowest BCUT2D eigenvalue weighted by atomic mass is 10.1. The number of halogens is 1. The zero-order valence-corrected chi connectivity index (χ0v) is 17.1. The van der Waals surface area contributed by atoms with E-state index in [1.807, 2.05) is 25.1 Å². The van der Waals surface area contributed by atoms with Crippen LogP contribution in [-0.2, 0) is 22.6 Å². The van der Waals surface area contributed by atoms with Gasteiger partial charge in [0.05, 0.1) is 17.7 Å². The fraction of sp³-hybridized carbons (Fsp3) is 0.381. The van der Waals surface area contributed by atoms with Crippen molar-refractivity contribution in [2.45, 2.75) is 20.0 Å². The number of nitrogens with zero attached hydrogens (tertiary/aromatic N) is 1. The maximum atomic E-state index is 12.0. The number of nitrogens with one attached hydrogen (secondary N) is 1. The lowest BCUT2D eigenvalue weighted by molar-refractivity contribution is -0.123. The normalized spacial score (nSPS) is 14.7. The molecule has 2 aromatic carbocycles. The number of amides is 1. The number of ether oxygens (including phenoxy) is 2. The average Bonchev–Trinajstić information content (AvgIpc) is 2.67. The summed E-state index contributed by atoms with van der Waals surface area (Å²) in [4.78, 5) is 14.4. The van der Waals surface area contributed by atoms with E-state index in [2.05, 4.69) is 50.4 Å². The van der Waals surface area contributed by atoms with Crippen molar-refractivity contribution in [3.05, 3.63) is 63.6 Å². The van der Waals surface area contributed by atoms with Gasteiger partial charge >= 0.3 is 0 Å². The molecule has 1 saturated heterocycles. The third-order valence-corrected chi connectivity index (χ3v) is 5.09. The standard InChI is InChI=1S/C21H25BrN2O3/c1-16-2-7-20(19(22)12-16)27-15-21(25)23-13-17-3-5-18(6-4-17)14-24-8-10-26-11-9-24/h2-7,12H,8-11,13-15H2,1H3,(H,23,25). The quantitative estimate of drug-likeness (QED) is 0.728. The van der Waals surface area contributed by atoms with Crippen LogP contribution in [0.1, 0.15) is 16.7 Å². The van der Waals surface area contributed by atoms with Gasteiger partial charge in [-0.25, -0.2) is 0 Å². The van der Waals surface area contributed by atoms with Gasteiger partial charge in [0.2, 0.25) is 0 Å². The molecule has 1 aliphatic rings. The van der Waals surface area contributed by atoms with Gasteiger partial charge in [-0.1, -0.05) is 30.3 Å². The molecule has 1 amide bonds. The summed E-state index contributed by atoms with van der Waals surface area (Å²) in [6, 6.07) is 14.1. The van der Waals surface area contributed by atoms with Gasteiger partial charge in [-0.2, -0.15) is 0 Å². The van der Waals surface area contributed by atoms with Crippen LogP contribution in [0.3, 0.4) is 0 Å². The summed E-state index contributed by atoms with van der Waals surface area (Å²) in [7, 11) is 0. The molecule has 3 rings (SSSR count). The molecule has 0 aromatic heterocycles. The van der Waals surface area contributed by atoms with Crippen molar-refractivity contribution in [1.29, 1.82) is 0 Å². The van der Waals surface area contributed by atoms with Crippen LogP contribution in [-0.4, -0.2) is 43.7 Å². The fourth-order valence-electron chi connectivity index (χ4n) is 2.90. The molecular formula is C21H25BrN2O3. The van der Waals surface area contributed by atoms with Crippen LogP contribution in [0.15, 0.2) is 46.9 Å². The molecule has 0 bridgehead atoms. The highest BCUT2D eigenvalue weighted by molar-refractivity contribution is 9.10. The Kier molecular flexibility index (Phi) is 7.26. The topological polar surface area (TPSA) is 50.8 Å². The second-order valence-corrected chi connectivity index (χ2v) is 7.56. The van der Waals surface area contributed by atoms with E-state index in [1.54, 1.807) is 0 Å². The minimum absolute atomic E-state index is 0.00320. The zero-order chi connectivity index (χ0) is 19.1. The first kappa shape index (κ1) is 19.9. The molecule has 0 saturated carbocycles. The maximum absolute atomic E-state index is 12.0. The van der Waals surface area contributed by atoms with Crippen molar-refractivity contribution in [3.63, 3.8) is 0 Å². The summed E-state index contributed by atoms with van der Waals surface area (Å²) >= 11 is 3.45. The van der Waals surface area contributed by atoms with Crippen molar-refractivity contribution in [3.8, 4) is 5.75 Å². The van der Waals surface area contributed by atoms with Crippen molar-refractivity contribution in [2.75, 3.05) is 32.9 Å². The Hall–Kier alpha value is -1.89. The average molecular weight is 433 g/mol. The molecule has 1 aliphatic heterocycles. The lowest BCUT2D eigenvalue weighted by Gasteiger charge is -2.26. The summed E-state index contributed by atoms with van der Waals surface area (Å²) in [6.07, 6.45) is 0. The molecule has 0 radical (unpaired) electrons. The number of aryl methyl sites for hydroxylation is 1. The Balaban J connectivity index is 1.41. The molecule has 6 heteroatoms. The number of carbonyl (C=O) groups excluding carboxylic acids is 1. The van der Waals surface area contributed by atoms with E-state index in [0.717, 1.165) is 48.4 Å². The van der Waals surface area contributed by atoms with Crippen LogP contribution in [0.25, 0.3) is 0 Å². The Morgan fingerprint density at radius 2 is 1.85 bits per heavy atom. The number of carbonyl (C=O) groups is 1. The van der Waals surface area contributed by atoms with E-state index in [9.17, 15) is 4.79 Å². The number of hydrogen-bond donors (Lipinski definition) is 1. The summed E-state index contributed by atoms with van der Waals surface area (Å²) in [5.41, 5.74) is 3.49. The summed E-state index contributed by atoms with van der Waals surface area (Å²) in [5, 5.41) is 2.89. The number of benzene rings is 2. The van der Waals surface area contributed by atoms with Gasteiger partial charge in [-0.15, -0.1) is 0 Å². The predicted octanol–water partition coefficient (Wildman–Crippen LogP) is 3.28. The molecule has 0 spiro atoms. The second kappa shape index (κ2) is 9.88. The first-order valence-corrected chi connectivity index (χ1v) is 9.93. The maximum Gasteiger partial charge on any atom is 0.258 e. The molecule has 2 aromatic rings. The van der Waals surface area contributed by atoms with Gasteiger partial charge in [-0.05, 0) is 51.7 Å². The van der Waals surface area contributed by atoms with E-state index in [4.69, 9.17) is 9.47 Å². The highest BCUT2D eigenvalue weighted by Crippen LogP contribution is 2.25. The van der Waals surface area contributed by atoms with Gasteiger partial charge in [0.15, 0.2) is 6.61 Å². The van der Waals surface area contributed by atoms with Crippen molar-refractivity contribution < 1.29 is 14.3 Å². The van der Waals surface area contributed by atoms with Crippen molar-refractivity contribution in [1.82, 2.24) is 10.2 Å². The van der Waals surface area contributed by atoms with Crippen LogP contribution in [0.5, 0.6) is 5.75 Å². The minimum atomic E-state index is -0.139. The summed E-state index contributed by atoms with van der Waals surface area (Å²) < 4.78 is 11.8. The smallest absolute Gasteiger partial charge is 0.258 e. The van der Waals surface area contributed by atoms with E-state index >= 15 is 0 Å². The Morgan fingerprint density at radius 1 is 1.15 bits per heavy atom. The van der Waals surface area contributed by atoms with Crippen LogP contribution >= 0.6 is 15.9 Å². The van der Waals surface area contributed by atoms with Gasteiger partial charge in [-0.3, -0.25) is 9.69 Å². The predicted molar refractivity (Wildman–Crippen MR) is 109 cm³/mol. The SMILES string of the molecule is Cc1ccc(OCC(=O)NCc2ccc(CN3CCOCC3)cc2)c(Br)c1. The highest BCUT2D eigenvalue weighted by Gasteiger charge is 2.10. The summed E-state index contributed by atoms with van der Waals surface area (Å²) in [5.74, 6) is 0.531. The lowest BCUT2D eigenvalue weighted by Crippen LogP contribution is -2.35. The number of morpholine rings is 1. The molecule has 1 heterocycles. The number of hydrogen-bond acceptors (Lipinski definition) is 4. The number of rotatable bonds is 7. The Labute approximate surface area is 168 Å². The van der Waals surface area contributed by atoms with Crippen LogP contribution < -0.4 is 10.1 Å².